The first-order valence-electron chi connectivity index (χ1n) is 4.13. The molecule has 0 fully saturated rings. The van der Waals surface area contributed by atoms with Gasteiger partial charge in [-0.2, -0.15) is 0 Å². The van der Waals surface area contributed by atoms with Gasteiger partial charge in [0, 0.05) is 6.07 Å². The SMILES string of the molecule is CC(=O)/C=C/c1ccc(Br)c([N+](=O)[O-])c1. The zero-order chi connectivity index (χ0) is 11.4. The maximum atomic E-state index is 10.7. The summed E-state index contributed by atoms with van der Waals surface area (Å²) in [7, 11) is 0. The van der Waals surface area contributed by atoms with E-state index >= 15 is 0 Å². The smallest absolute Gasteiger partial charge is 0.284 e. The van der Waals surface area contributed by atoms with Gasteiger partial charge in [-0.25, -0.2) is 0 Å². The molecule has 0 aliphatic heterocycles. The van der Waals surface area contributed by atoms with Crippen molar-refractivity contribution < 1.29 is 9.72 Å². The van der Waals surface area contributed by atoms with Gasteiger partial charge in [-0.05, 0) is 40.6 Å². The zero-order valence-electron chi connectivity index (χ0n) is 7.94. The van der Waals surface area contributed by atoms with Crippen LogP contribution in [0.2, 0.25) is 0 Å². The molecule has 0 amide bonds. The molecule has 0 aliphatic rings. The quantitative estimate of drug-likeness (QED) is 0.482. The molecule has 0 saturated carbocycles. The summed E-state index contributed by atoms with van der Waals surface area (Å²) in [4.78, 5) is 20.8. The summed E-state index contributed by atoms with van der Waals surface area (Å²) in [6.07, 6.45) is 2.91. The number of allylic oxidation sites excluding steroid dienone is 1. The van der Waals surface area contributed by atoms with Gasteiger partial charge in [0.05, 0.1) is 9.40 Å². The predicted octanol–water partition coefficient (Wildman–Crippen LogP) is 2.96. The van der Waals surface area contributed by atoms with Gasteiger partial charge in [-0.3, -0.25) is 14.9 Å². The second kappa shape index (κ2) is 4.84. The van der Waals surface area contributed by atoms with Crippen LogP contribution in [-0.2, 0) is 4.79 Å². The molecule has 0 spiro atoms. The van der Waals surface area contributed by atoms with Crippen molar-refractivity contribution in [3.8, 4) is 0 Å². The third-order valence-electron chi connectivity index (χ3n) is 1.68. The topological polar surface area (TPSA) is 60.2 Å². The van der Waals surface area contributed by atoms with E-state index in [1.54, 1.807) is 18.2 Å². The first-order chi connectivity index (χ1) is 7.00. The summed E-state index contributed by atoms with van der Waals surface area (Å²) < 4.78 is 0.424. The van der Waals surface area contributed by atoms with Gasteiger partial charge in [0.15, 0.2) is 5.78 Å². The van der Waals surface area contributed by atoms with E-state index in [1.807, 2.05) is 0 Å². The summed E-state index contributed by atoms with van der Waals surface area (Å²) in [5.41, 5.74) is 0.612. The number of carbonyl (C=O) groups excluding carboxylic acids is 1. The Morgan fingerprint density at radius 2 is 2.20 bits per heavy atom. The van der Waals surface area contributed by atoms with Crippen molar-refractivity contribution in [2.24, 2.45) is 0 Å². The van der Waals surface area contributed by atoms with Crippen molar-refractivity contribution in [3.63, 3.8) is 0 Å². The maximum absolute atomic E-state index is 10.7. The van der Waals surface area contributed by atoms with Gasteiger partial charge in [-0.1, -0.05) is 12.1 Å². The van der Waals surface area contributed by atoms with Crippen molar-refractivity contribution in [2.45, 2.75) is 6.92 Å². The van der Waals surface area contributed by atoms with E-state index in [0.29, 0.717) is 10.0 Å². The molecule has 4 nitrogen and oxygen atoms in total. The second-order valence-electron chi connectivity index (χ2n) is 2.91. The van der Waals surface area contributed by atoms with E-state index < -0.39 is 4.92 Å². The Hall–Kier alpha value is -1.49. The van der Waals surface area contributed by atoms with Crippen LogP contribution in [0.5, 0.6) is 0 Å². The van der Waals surface area contributed by atoms with E-state index in [9.17, 15) is 14.9 Å². The molecule has 0 aliphatic carbocycles. The van der Waals surface area contributed by atoms with E-state index in [4.69, 9.17) is 0 Å². The first kappa shape index (κ1) is 11.6. The minimum atomic E-state index is -0.477. The minimum Gasteiger partial charge on any atom is -0.295 e. The molecule has 78 valence electrons. The molecule has 0 unspecified atom stereocenters. The van der Waals surface area contributed by atoms with Gasteiger partial charge >= 0.3 is 0 Å². The van der Waals surface area contributed by atoms with E-state index in [0.717, 1.165) is 0 Å². The molecule has 0 radical (unpaired) electrons. The Kier molecular flexibility index (Phi) is 3.74. The molecule has 0 bridgehead atoms. The molecule has 0 saturated heterocycles. The summed E-state index contributed by atoms with van der Waals surface area (Å²) in [6, 6.07) is 4.68. The van der Waals surface area contributed by atoms with Crippen LogP contribution in [0.15, 0.2) is 28.7 Å². The lowest BCUT2D eigenvalue weighted by molar-refractivity contribution is -0.385. The average molecular weight is 270 g/mol. The number of carbonyl (C=O) groups is 1. The summed E-state index contributed by atoms with van der Waals surface area (Å²) >= 11 is 3.08. The number of hydrogen-bond acceptors (Lipinski definition) is 3. The Balaban J connectivity index is 3.08. The van der Waals surface area contributed by atoms with Gasteiger partial charge in [0.25, 0.3) is 5.69 Å². The maximum Gasteiger partial charge on any atom is 0.284 e. The van der Waals surface area contributed by atoms with Crippen LogP contribution in [0.1, 0.15) is 12.5 Å². The lowest BCUT2D eigenvalue weighted by Crippen LogP contribution is -1.90. The summed E-state index contributed by atoms with van der Waals surface area (Å²) in [5, 5.41) is 10.6. The van der Waals surface area contributed by atoms with Gasteiger partial charge in [-0.15, -0.1) is 0 Å². The second-order valence-corrected chi connectivity index (χ2v) is 3.77. The van der Waals surface area contributed by atoms with Crippen molar-refractivity contribution in [1.82, 2.24) is 0 Å². The number of nitrogens with zero attached hydrogens (tertiary/aromatic N) is 1. The van der Waals surface area contributed by atoms with Gasteiger partial charge < -0.3 is 0 Å². The third-order valence-corrected chi connectivity index (χ3v) is 2.35. The molecular weight excluding hydrogens is 262 g/mol. The highest BCUT2D eigenvalue weighted by atomic mass is 79.9. The summed E-state index contributed by atoms with van der Waals surface area (Å²) in [5.74, 6) is -0.0967. The zero-order valence-corrected chi connectivity index (χ0v) is 9.52. The third kappa shape index (κ3) is 3.28. The lowest BCUT2D eigenvalue weighted by Gasteiger charge is -1.96. The lowest BCUT2D eigenvalue weighted by atomic mass is 10.2. The first-order valence-corrected chi connectivity index (χ1v) is 4.92. The highest BCUT2D eigenvalue weighted by Crippen LogP contribution is 2.25. The van der Waals surface area contributed by atoms with Crippen LogP contribution in [0.3, 0.4) is 0 Å². The fraction of sp³-hybridized carbons (Fsp3) is 0.100. The largest absolute Gasteiger partial charge is 0.295 e. The highest BCUT2D eigenvalue weighted by molar-refractivity contribution is 9.10. The number of ketones is 1. The number of nitro benzene ring substituents is 1. The molecule has 0 N–H and O–H groups in total. The van der Waals surface area contributed by atoms with E-state index in [2.05, 4.69) is 15.9 Å². The van der Waals surface area contributed by atoms with Gasteiger partial charge in [0.2, 0.25) is 0 Å². The Morgan fingerprint density at radius 3 is 2.73 bits per heavy atom. The average Bonchev–Trinajstić information content (AvgIpc) is 2.16. The van der Waals surface area contributed by atoms with Crippen molar-refractivity contribution >= 4 is 33.5 Å². The van der Waals surface area contributed by atoms with Crippen LogP contribution >= 0.6 is 15.9 Å². The molecule has 1 aromatic rings. The highest BCUT2D eigenvalue weighted by Gasteiger charge is 2.10. The predicted molar refractivity (Wildman–Crippen MR) is 60.5 cm³/mol. The van der Waals surface area contributed by atoms with Crippen LogP contribution in [0.4, 0.5) is 5.69 Å². The van der Waals surface area contributed by atoms with Crippen molar-refractivity contribution in [2.75, 3.05) is 0 Å². The molecule has 0 aromatic heterocycles. The number of halogens is 1. The van der Waals surface area contributed by atoms with Crippen LogP contribution < -0.4 is 0 Å². The van der Waals surface area contributed by atoms with Crippen LogP contribution in [-0.4, -0.2) is 10.7 Å². The molecule has 0 atom stereocenters. The minimum absolute atomic E-state index is 0.0132. The number of nitro groups is 1. The Labute approximate surface area is 94.9 Å². The van der Waals surface area contributed by atoms with E-state index in [-0.39, 0.29) is 11.5 Å². The van der Waals surface area contributed by atoms with E-state index in [1.165, 1.54) is 19.1 Å². The van der Waals surface area contributed by atoms with Crippen LogP contribution in [0, 0.1) is 10.1 Å². The van der Waals surface area contributed by atoms with Crippen molar-refractivity contribution in [3.05, 3.63) is 44.4 Å². The standard InChI is InChI=1S/C10H8BrNO3/c1-7(13)2-3-8-4-5-9(11)10(6-8)12(14)15/h2-6H,1H3/b3-2+. The number of benzene rings is 1. The fourth-order valence-electron chi connectivity index (χ4n) is 0.987. The normalized spacial score (nSPS) is 10.5. The molecular formula is C10H8BrNO3. The van der Waals surface area contributed by atoms with Gasteiger partial charge in [0.1, 0.15) is 0 Å². The molecule has 1 rings (SSSR count). The molecule has 15 heavy (non-hydrogen) atoms. The fourth-order valence-corrected chi connectivity index (χ4v) is 1.38. The monoisotopic (exact) mass is 269 g/mol. The number of hydrogen-bond donors (Lipinski definition) is 0. The molecule has 1 aromatic carbocycles. The summed E-state index contributed by atoms with van der Waals surface area (Å²) in [6.45, 7) is 1.42. The Morgan fingerprint density at radius 1 is 1.53 bits per heavy atom. The molecule has 5 heteroatoms. The van der Waals surface area contributed by atoms with Crippen LogP contribution in [0.25, 0.3) is 6.08 Å². The molecule has 0 heterocycles. The Bertz CT molecular complexity index is 440. The number of rotatable bonds is 3. The van der Waals surface area contributed by atoms with Crippen molar-refractivity contribution in [1.29, 1.82) is 0 Å².